The van der Waals surface area contributed by atoms with E-state index in [0.717, 1.165) is 37.5 Å². The minimum Gasteiger partial charge on any atom is -0.338 e. The van der Waals surface area contributed by atoms with Gasteiger partial charge in [0.25, 0.3) is 5.91 Å². The molecular formula is C21H23BrFN7O2S. The molecule has 3 heterocycles. The standard InChI is InChI=1S/C21H23BrFN7O2S/c1-3-30-8-6-12(7-9-30)21-26-16(11-33-21)20(31)27-19-17(28-32-29-19)18(24-2)25-13-4-5-15(23)14(22)10-13/h4-5,10-12H,3,6-9H2,1-2H3,(H,24,25)(H,27,29,31). The van der Waals surface area contributed by atoms with Crippen LogP contribution >= 0.6 is 27.3 Å². The summed E-state index contributed by atoms with van der Waals surface area (Å²) in [6, 6.07) is 4.43. The molecule has 0 atom stereocenters. The SMILES string of the molecule is CCN1CCC(c2nc(C(=O)Nc3nonc3C(=NC)Nc3ccc(F)c(Br)c3)cs2)CC1. The van der Waals surface area contributed by atoms with Gasteiger partial charge in [-0.2, -0.15) is 0 Å². The Hall–Kier alpha value is -2.70. The predicted octanol–water partition coefficient (Wildman–Crippen LogP) is 4.37. The number of rotatable bonds is 6. The minimum atomic E-state index is -0.402. The second-order valence-electron chi connectivity index (χ2n) is 7.52. The van der Waals surface area contributed by atoms with Crippen LogP contribution in [0.3, 0.4) is 0 Å². The minimum absolute atomic E-state index is 0.111. The van der Waals surface area contributed by atoms with E-state index in [0.29, 0.717) is 27.6 Å². The first kappa shape index (κ1) is 23.5. The van der Waals surface area contributed by atoms with Crippen molar-refractivity contribution >= 4 is 50.5 Å². The largest absolute Gasteiger partial charge is 0.338 e. The fourth-order valence-electron chi connectivity index (χ4n) is 3.60. The lowest BCUT2D eigenvalue weighted by Gasteiger charge is -2.29. The van der Waals surface area contributed by atoms with Gasteiger partial charge < -0.3 is 15.5 Å². The van der Waals surface area contributed by atoms with Crippen LogP contribution in [0.25, 0.3) is 0 Å². The van der Waals surface area contributed by atoms with Gasteiger partial charge in [0, 0.05) is 24.0 Å². The third kappa shape index (κ3) is 5.45. The predicted molar refractivity (Wildman–Crippen MR) is 129 cm³/mol. The van der Waals surface area contributed by atoms with Crippen molar-refractivity contribution in [2.75, 3.05) is 37.3 Å². The molecule has 12 heteroatoms. The number of amidine groups is 1. The monoisotopic (exact) mass is 535 g/mol. The maximum atomic E-state index is 13.5. The average Bonchev–Trinajstić information content (AvgIpc) is 3.50. The molecule has 174 valence electrons. The second-order valence-corrected chi connectivity index (χ2v) is 9.27. The van der Waals surface area contributed by atoms with E-state index in [4.69, 9.17) is 4.63 Å². The molecule has 2 N–H and O–H groups in total. The van der Waals surface area contributed by atoms with Crippen LogP contribution in [0.2, 0.25) is 0 Å². The Bertz CT molecular complexity index is 1160. The molecular weight excluding hydrogens is 513 g/mol. The smallest absolute Gasteiger partial charge is 0.276 e. The number of nitrogens with zero attached hydrogens (tertiary/aromatic N) is 5. The highest BCUT2D eigenvalue weighted by Gasteiger charge is 2.25. The average molecular weight is 536 g/mol. The molecule has 1 amide bonds. The molecule has 0 unspecified atom stereocenters. The van der Waals surface area contributed by atoms with E-state index < -0.39 is 5.91 Å². The Morgan fingerprint density at radius 2 is 2.12 bits per heavy atom. The van der Waals surface area contributed by atoms with Crippen LogP contribution < -0.4 is 10.6 Å². The van der Waals surface area contributed by atoms with Gasteiger partial charge in [-0.1, -0.05) is 6.92 Å². The Morgan fingerprint density at radius 3 is 2.82 bits per heavy atom. The van der Waals surface area contributed by atoms with E-state index in [1.54, 1.807) is 24.6 Å². The summed E-state index contributed by atoms with van der Waals surface area (Å²) in [5, 5.41) is 16.1. The Balaban J connectivity index is 1.44. The summed E-state index contributed by atoms with van der Waals surface area (Å²) in [5.74, 6) is -0.000885. The summed E-state index contributed by atoms with van der Waals surface area (Å²) < 4.78 is 18.7. The molecule has 0 aliphatic carbocycles. The van der Waals surface area contributed by atoms with Crippen molar-refractivity contribution < 1.29 is 13.8 Å². The van der Waals surface area contributed by atoms with Crippen molar-refractivity contribution in [2.24, 2.45) is 4.99 Å². The van der Waals surface area contributed by atoms with Gasteiger partial charge in [0.2, 0.25) is 5.82 Å². The van der Waals surface area contributed by atoms with Gasteiger partial charge in [-0.25, -0.2) is 14.0 Å². The number of halogens is 2. The zero-order chi connectivity index (χ0) is 23.4. The highest BCUT2D eigenvalue weighted by atomic mass is 79.9. The maximum absolute atomic E-state index is 13.5. The number of piperidine rings is 1. The first-order valence-electron chi connectivity index (χ1n) is 10.5. The highest BCUT2D eigenvalue weighted by Crippen LogP contribution is 2.30. The topological polar surface area (TPSA) is 109 Å². The zero-order valence-corrected chi connectivity index (χ0v) is 20.5. The maximum Gasteiger partial charge on any atom is 0.276 e. The van der Waals surface area contributed by atoms with E-state index in [1.807, 2.05) is 0 Å². The van der Waals surface area contributed by atoms with Crippen molar-refractivity contribution in [1.82, 2.24) is 20.2 Å². The van der Waals surface area contributed by atoms with Gasteiger partial charge >= 0.3 is 0 Å². The normalized spacial score (nSPS) is 15.6. The lowest BCUT2D eigenvalue weighted by molar-refractivity contribution is 0.102. The van der Waals surface area contributed by atoms with Crippen LogP contribution in [0.15, 0.2) is 37.7 Å². The number of carbonyl (C=O) groups excluding carboxylic acids is 1. The number of benzene rings is 1. The summed E-state index contributed by atoms with van der Waals surface area (Å²) in [4.78, 5) is 24.0. The molecule has 2 aromatic heterocycles. The Morgan fingerprint density at radius 1 is 1.33 bits per heavy atom. The van der Waals surface area contributed by atoms with E-state index in [-0.39, 0.29) is 17.3 Å². The third-order valence-corrected chi connectivity index (χ3v) is 7.10. The molecule has 0 spiro atoms. The molecule has 4 rings (SSSR count). The number of aliphatic imine (C=N–C) groups is 1. The van der Waals surface area contributed by atoms with E-state index >= 15 is 0 Å². The number of thiazole rings is 1. The zero-order valence-electron chi connectivity index (χ0n) is 18.1. The van der Waals surface area contributed by atoms with Crippen molar-refractivity contribution in [3.8, 4) is 0 Å². The van der Waals surface area contributed by atoms with Crippen molar-refractivity contribution in [1.29, 1.82) is 0 Å². The lowest BCUT2D eigenvalue weighted by Crippen LogP contribution is -2.32. The Labute approximate surface area is 202 Å². The lowest BCUT2D eigenvalue weighted by atomic mass is 9.98. The molecule has 0 bridgehead atoms. The summed E-state index contributed by atoms with van der Waals surface area (Å²) >= 11 is 4.65. The number of likely N-dealkylation sites (tertiary alicyclic amines) is 1. The van der Waals surface area contributed by atoms with E-state index in [2.05, 4.69) is 58.7 Å². The summed E-state index contributed by atoms with van der Waals surface area (Å²) in [6.07, 6.45) is 2.09. The number of carbonyl (C=O) groups is 1. The van der Waals surface area contributed by atoms with Gasteiger partial charge in [-0.05, 0) is 76.9 Å². The number of aromatic nitrogens is 3. The highest BCUT2D eigenvalue weighted by molar-refractivity contribution is 9.10. The van der Waals surface area contributed by atoms with Gasteiger partial charge in [0.15, 0.2) is 11.5 Å². The molecule has 1 aliphatic heterocycles. The molecule has 1 fully saturated rings. The molecule has 0 saturated carbocycles. The number of nitrogens with one attached hydrogen (secondary N) is 2. The quantitative estimate of drug-likeness (QED) is 0.356. The molecule has 1 aliphatic rings. The molecule has 1 aromatic carbocycles. The fraction of sp³-hybridized carbons (Fsp3) is 0.381. The first-order chi connectivity index (χ1) is 16.0. The van der Waals surface area contributed by atoms with Crippen LogP contribution in [0, 0.1) is 5.82 Å². The number of amides is 1. The Kier molecular flexibility index (Phi) is 7.46. The number of anilines is 2. The van der Waals surface area contributed by atoms with Crippen LogP contribution in [0.5, 0.6) is 0 Å². The first-order valence-corrected chi connectivity index (χ1v) is 12.2. The van der Waals surface area contributed by atoms with E-state index in [1.165, 1.54) is 17.4 Å². The summed E-state index contributed by atoms with van der Waals surface area (Å²) in [5.41, 5.74) is 1.11. The van der Waals surface area contributed by atoms with Crippen LogP contribution in [-0.2, 0) is 0 Å². The molecule has 0 radical (unpaired) electrons. The molecule has 3 aromatic rings. The van der Waals surface area contributed by atoms with Crippen molar-refractivity contribution in [3.05, 3.63) is 50.3 Å². The van der Waals surface area contributed by atoms with Gasteiger partial charge in [0.05, 0.1) is 9.48 Å². The third-order valence-electron chi connectivity index (χ3n) is 5.49. The van der Waals surface area contributed by atoms with Crippen molar-refractivity contribution in [3.63, 3.8) is 0 Å². The molecule has 33 heavy (non-hydrogen) atoms. The van der Waals surface area contributed by atoms with Gasteiger partial charge in [-0.15, -0.1) is 11.3 Å². The van der Waals surface area contributed by atoms with E-state index in [9.17, 15) is 9.18 Å². The van der Waals surface area contributed by atoms with Gasteiger partial charge in [-0.3, -0.25) is 9.79 Å². The second kappa shape index (κ2) is 10.5. The molecule has 9 nitrogen and oxygen atoms in total. The van der Waals surface area contributed by atoms with Gasteiger partial charge in [0.1, 0.15) is 11.5 Å². The fourth-order valence-corrected chi connectivity index (χ4v) is 4.95. The number of hydrogen-bond acceptors (Lipinski definition) is 8. The summed E-state index contributed by atoms with van der Waals surface area (Å²) in [7, 11) is 1.55. The molecule has 1 saturated heterocycles. The summed E-state index contributed by atoms with van der Waals surface area (Å²) in [6.45, 7) is 5.32. The van der Waals surface area contributed by atoms with Crippen LogP contribution in [0.4, 0.5) is 15.9 Å². The number of hydrogen-bond donors (Lipinski definition) is 2. The van der Waals surface area contributed by atoms with Crippen LogP contribution in [0.1, 0.15) is 46.9 Å². The van der Waals surface area contributed by atoms with Crippen molar-refractivity contribution in [2.45, 2.75) is 25.7 Å². The van der Waals surface area contributed by atoms with Crippen LogP contribution in [-0.4, -0.2) is 58.6 Å².